The molecule has 0 aromatic heterocycles. The molecule has 2 N–H and O–H groups in total. The maximum absolute atomic E-state index is 9.16. The number of hydrogen-bond donors (Lipinski definition) is 1. The van der Waals surface area contributed by atoms with Crippen LogP contribution in [0.25, 0.3) is 0 Å². The minimum atomic E-state index is -0.553. The second-order valence-electron chi connectivity index (χ2n) is 6.83. The lowest BCUT2D eigenvalue weighted by atomic mass is 9.86. The molecule has 0 heterocycles. The Morgan fingerprint density at radius 2 is 2.12 bits per heavy atom. The molecule has 0 spiro atoms. The van der Waals surface area contributed by atoms with Crippen molar-refractivity contribution in [1.82, 2.24) is 4.90 Å². The molecule has 0 radical (unpaired) electrons. The van der Waals surface area contributed by atoms with Gasteiger partial charge in [0.15, 0.2) is 0 Å². The zero-order chi connectivity index (χ0) is 13.1. The highest BCUT2D eigenvalue weighted by molar-refractivity contribution is 5.11. The summed E-state index contributed by atoms with van der Waals surface area (Å²) >= 11 is 0. The van der Waals surface area contributed by atoms with E-state index in [1.807, 2.05) is 0 Å². The predicted octanol–water partition coefficient (Wildman–Crippen LogP) is 2.38. The Morgan fingerprint density at radius 1 is 1.47 bits per heavy atom. The fourth-order valence-electron chi connectivity index (χ4n) is 2.92. The first-order chi connectivity index (χ1) is 7.77. The summed E-state index contributed by atoms with van der Waals surface area (Å²) in [4.78, 5) is 2.36. The van der Waals surface area contributed by atoms with Gasteiger partial charge in [-0.15, -0.1) is 0 Å². The van der Waals surface area contributed by atoms with Crippen LogP contribution in [0.3, 0.4) is 0 Å². The summed E-state index contributed by atoms with van der Waals surface area (Å²) < 4.78 is 0. The molecule has 2 unspecified atom stereocenters. The van der Waals surface area contributed by atoms with Crippen LogP contribution in [0.15, 0.2) is 0 Å². The quantitative estimate of drug-likeness (QED) is 0.816. The lowest BCUT2D eigenvalue weighted by Crippen LogP contribution is -2.43. The molecule has 1 fully saturated rings. The topological polar surface area (TPSA) is 53.0 Å². The molecule has 0 aliphatic heterocycles. The van der Waals surface area contributed by atoms with Gasteiger partial charge in [0.25, 0.3) is 0 Å². The molecular formula is C14H27N3. The summed E-state index contributed by atoms with van der Waals surface area (Å²) in [7, 11) is 2.16. The van der Waals surface area contributed by atoms with Crippen molar-refractivity contribution in [2.75, 3.05) is 20.1 Å². The van der Waals surface area contributed by atoms with Gasteiger partial charge in [-0.3, -0.25) is 0 Å². The molecule has 1 aliphatic rings. The minimum absolute atomic E-state index is 0.333. The van der Waals surface area contributed by atoms with Crippen LogP contribution in [0.4, 0.5) is 0 Å². The second-order valence-corrected chi connectivity index (χ2v) is 6.83. The van der Waals surface area contributed by atoms with Gasteiger partial charge in [0, 0.05) is 6.54 Å². The number of hydrogen-bond acceptors (Lipinski definition) is 3. The van der Waals surface area contributed by atoms with Gasteiger partial charge in [0.1, 0.15) is 5.54 Å². The van der Waals surface area contributed by atoms with Crippen LogP contribution < -0.4 is 5.73 Å². The number of nitriles is 1. The zero-order valence-electron chi connectivity index (χ0n) is 11.8. The van der Waals surface area contributed by atoms with Gasteiger partial charge >= 0.3 is 0 Å². The van der Waals surface area contributed by atoms with E-state index in [1.54, 1.807) is 0 Å². The molecule has 0 aromatic carbocycles. The fraction of sp³-hybridized carbons (Fsp3) is 0.929. The fourth-order valence-corrected chi connectivity index (χ4v) is 2.92. The molecule has 17 heavy (non-hydrogen) atoms. The van der Waals surface area contributed by atoms with Gasteiger partial charge in [-0.1, -0.05) is 27.2 Å². The lowest BCUT2D eigenvalue weighted by Gasteiger charge is -2.29. The minimum Gasteiger partial charge on any atom is -0.313 e. The number of rotatable bonds is 4. The standard InChI is InChI=1S/C14H27N3/c1-13(2,3)11-17(4)9-7-12-6-5-8-14(12,16)10-15/h12H,5-9,11,16H2,1-4H3. The summed E-state index contributed by atoms with van der Waals surface area (Å²) in [5.74, 6) is 0.384. The van der Waals surface area contributed by atoms with E-state index in [1.165, 1.54) is 0 Å². The molecule has 1 saturated carbocycles. The molecule has 2 atom stereocenters. The third-order valence-electron chi connectivity index (χ3n) is 3.68. The molecule has 1 aliphatic carbocycles. The Bertz CT molecular complexity index is 287. The molecule has 3 heteroatoms. The van der Waals surface area contributed by atoms with Gasteiger partial charge in [-0.05, 0) is 44.2 Å². The highest BCUT2D eigenvalue weighted by atomic mass is 15.1. The van der Waals surface area contributed by atoms with E-state index in [9.17, 15) is 0 Å². The van der Waals surface area contributed by atoms with Crippen LogP contribution in [0, 0.1) is 22.7 Å². The predicted molar refractivity (Wildman–Crippen MR) is 71.4 cm³/mol. The maximum Gasteiger partial charge on any atom is 0.107 e. The first-order valence-corrected chi connectivity index (χ1v) is 6.65. The van der Waals surface area contributed by atoms with Crippen LogP contribution in [-0.2, 0) is 0 Å². The Labute approximate surface area is 106 Å². The van der Waals surface area contributed by atoms with Crippen molar-refractivity contribution >= 4 is 0 Å². The van der Waals surface area contributed by atoms with Crippen LogP contribution in [-0.4, -0.2) is 30.6 Å². The summed E-state index contributed by atoms with van der Waals surface area (Å²) in [6.07, 6.45) is 4.15. The van der Waals surface area contributed by atoms with Gasteiger partial charge < -0.3 is 10.6 Å². The summed E-state index contributed by atoms with van der Waals surface area (Å²) in [5.41, 5.74) is 5.92. The third-order valence-corrected chi connectivity index (χ3v) is 3.68. The van der Waals surface area contributed by atoms with E-state index in [2.05, 4.69) is 38.8 Å². The highest BCUT2D eigenvalue weighted by Gasteiger charge is 2.39. The van der Waals surface area contributed by atoms with Crippen LogP contribution >= 0.6 is 0 Å². The number of nitrogens with zero attached hydrogens (tertiary/aromatic N) is 2. The van der Waals surface area contributed by atoms with Gasteiger partial charge in [-0.25, -0.2) is 0 Å². The normalized spacial score (nSPS) is 29.6. The smallest absolute Gasteiger partial charge is 0.107 e. The van der Waals surface area contributed by atoms with Crippen molar-refractivity contribution in [3.63, 3.8) is 0 Å². The second kappa shape index (κ2) is 5.37. The Morgan fingerprint density at radius 3 is 2.65 bits per heavy atom. The Hall–Kier alpha value is -0.590. The van der Waals surface area contributed by atoms with Crippen molar-refractivity contribution in [2.45, 2.75) is 52.0 Å². The van der Waals surface area contributed by atoms with Crippen molar-refractivity contribution < 1.29 is 0 Å². The molecule has 0 aromatic rings. The SMILES string of the molecule is CN(CCC1CCCC1(N)C#N)CC(C)(C)C. The van der Waals surface area contributed by atoms with Crippen LogP contribution in [0.5, 0.6) is 0 Å². The zero-order valence-corrected chi connectivity index (χ0v) is 11.8. The van der Waals surface area contributed by atoms with Gasteiger partial charge in [0.05, 0.1) is 6.07 Å². The van der Waals surface area contributed by atoms with Crippen molar-refractivity contribution in [3.8, 4) is 6.07 Å². The molecule has 98 valence electrons. The average molecular weight is 237 g/mol. The highest BCUT2D eigenvalue weighted by Crippen LogP contribution is 2.35. The summed E-state index contributed by atoms with van der Waals surface area (Å²) in [5, 5.41) is 9.16. The van der Waals surface area contributed by atoms with E-state index < -0.39 is 5.54 Å². The van der Waals surface area contributed by atoms with Crippen molar-refractivity contribution in [1.29, 1.82) is 5.26 Å². The van der Waals surface area contributed by atoms with Gasteiger partial charge in [-0.2, -0.15) is 5.26 Å². The van der Waals surface area contributed by atoms with E-state index in [4.69, 9.17) is 11.0 Å². The monoisotopic (exact) mass is 237 g/mol. The molecule has 0 bridgehead atoms. The first-order valence-electron chi connectivity index (χ1n) is 6.65. The average Bonchev–Trinajstić information content (AvgIpc) is 2.55. The van der Waals surface area contributed by atoms with Gasteiger partial charge in [0.2, 0.25) is 0 Å². The summed E-state index contributed by atoms with van der Waals surface area (Å²) in [6.45, 7) is 8.89. The largest absolute Gasteiger partial charge is 0.313 e. The van der Waals surface area contributed by atoms with E-state index >= 15 is 0 Å². The van der Waals surface area contributed by atoms with Crippen LogP contribution in [0.2, 0.25) is 0 Å². The van der Waals surface area contributed by atoms with Crippen LogP contribution in [0.1, 0.15) is 46.5 Å². The van der Waals surface area contributed by atoms with E-state index in [-0.39, 0.29) is 0 Å². The van der Waals surface area contributed by atoms with Crippen molar-refractivity contribution in [2.24, 2.45) is 17.1 Å². The Kier molecular flexibility index (Phi) is 4.57. The molecular weight excluding hydrogens is 210 g/mol. The third kappa shape index (κ3) is 4.29. The molecule has 0 saturated heterocycles. The molecule has 0 amide bonds. The van der Waals surface area contributed by atoms with Crippen molar-refractivity contribution in [3.05, 3.63) is 0 Å². The Balaban J connectivity index is 2.39. The van der Waals surface area contributed by atoms with E-state index in [0.717, 1.165) is 38.8 Å². The molecule has 1 rings (SSSR count). The lowest BCUT2D eigenvalue weighted by molar-refractivity contribution is 0.206. The number of nitrogens with two attached hydrogens (primary N) is 1. The maximum atomic E-state index is 9.16. The van der Waals surface area contributed by atoms with E-state index in [0.29, 0.717) is 11.3 Å². The summed E-state index contributed by atoms with van der Waals surface area (Å²) in [6, 6.07) is 2.32. The molecule has 3 nitrogen and oxygen atoms in total. The first kappa shape index (κ1) is 14.5.